The van der Waals surface area contributed by atoms with Gasteiger partial charge in [0.15, 0.2) is 0 Å². The first kappa shape index (κ1) is 19.3. The SMILES string of the molecule is C/C=C\CCc1c(CNCC2CCC(CCC)CC2)c[nH]c1CC. The number of aromatic nitrogens is 1. The topological polar surface area (TPSA) is 27.8 Å². The molecule has 24 heavy (non-hydrogen) atoms. The summed E-state index contributed by atoms with van der Waals surface area (Å²) in [5.74, 6) is 1.91. The minimum atomic E-state index is 0.897. The van der Waals surface area contributed by atoms with Crippen molar-refractivity contribution in [2.45, 2.75) is 85.1 Å². The van der Waals surface area contributed by atoms with E-state index in [0.717, 1.165) is 37.6 Å². The lowest BCUT2D eigenvalue weighted by Crippen LogP contribution is -2.26. The highest BCUT2D eigenvalue weighted by atomic mass is 14.9. The molecule has 2 rings (SSSR count). The summed E-state index contributed by atoms with van der Waals surface area (Å²) in [6, 6.07) is 0. The summed E-state index contributed by atoms with van der Waals surface area (Å²) in [6.07, 6.45) is 18.7. The molecule has 0 atom stereocenters. The number of hydrogen-bond acceptors (Lipinski definition) is 1. The number of H-pyrrole nitrogens is 1. The van der Waals surface area contributed by atoms with Gasteiger partial charge in [0, 0.05) is 18.4 Å². The van der Waals surface area contributed by atoms with Crippen LogP contribution in [0, 0.1) is 11.8 Å². The number of rotatable bonds is 10. The van der Waals surface area contributed by atoms with Gasteiger partial charge in [0.1, 0.15) is 0 Å². The van der Waals surface area contributed by atoms with Gasteiger partial charge in [0.05, 0.1) is 0 Å². The average Bonchev–Trinajstić information content (AvgIpc) is 2.99. The summed E-state index contributed by atoms with van der Waals surface area (Å²) in [7, 11) is 0. The minimum absolute atomic E-state index is 0.897. The Balaban J connectivity index is 1.77. The zero-order valence-corrected chi connectivity index (χ0v) is 16.2. The molecule has 136 valence electrons. The van der Waals surface area contributed by atoms with Gasteiger partial charge >= 0.3 is 0 Å². The predicted molar refractivity (Wildman–Crippen MR) is 105 cm³/mol. The molecule has 0 radical (unpaired) electrons. The first-order valence-corrected chi connectivity index (χ1v) is 10.3. The molecule has 0 bridgehead atoms. The molecule has 1 heterocycles. The molecule has 0 amide bonds. The average molecular weight is 331 g/mol. The normalized spacial score (nSPS) is 21.6. The molecule has 2 N–H and O–H groups in total. The molecule has 1 saturated carbocycles. The molecule has 1 fully saturated rings. The minimum Gasteiger partial charge on any atom is -0.364 e. The molecular formula is C22H38N2. The summed E-state index contributed by atoms with van der Waals surface area (Å²) < 4.78 is 0. The monoisotopic (exact) mass is 330 g/mol. The van der Waals surface area contributed by atoms with Crippen molar-refractivity contribution in [3.8, 4) is 0 Å². The van der Waals surface area contributed by atoms with Gasteiger partial charge in [0.25, 0.3) is 0 Å². The van der Waals surface area contributed by atoms with E-state index >= 15 is 0 Å². The third-order valence-electron chi connectivity index (χ3n) is 5.73. The molecule has 1 aromatic heterocycles. The number of nitrogens with one attached hydrogen (secondary N) is 2. The van der Waals surface area contributed by atoms with Crippen molar-refractivity contribution in [1.82, 2.24) is 10.3 Å². The van der Waals surface area contributed by atoms with Crippen LogP contribution in [-0.2, 0) is 19.4 Å². The van der Waals surface area contributed by atoms with Crippen molar-refractivity contribution in [3.63, 3.8) is 0 Å². The summed E-state index contributed by atoms with van der Waals surface area (Å²) >= 11 is 0. The largest absolute Gasteiger partial charge is 0.364 e. The van der Waals surface area contributed by atoms with Crippen LogP contribution in [-0.4, -0.2) is 11.5 Å². The van der Waals surface area contributed by atoms with Crippen LogP contribution >= 0.6 is 0 Å². The number of hydrogen-bond donors (Lipinski definition) is 2. The lowest BCUT2D eigenvalue weighted by molar-refractivity contribution is 0.256. The number of aromatic amines is 1. The van der Waals surface area contributed by atoms with E-state index in [1.807, 2.05) is 0 Å². The van der Waals surface area contributed by atoms with Gasteiger partial charge in [-0.1, -0.05) is 51.7 Å². The fourth-order valence-corrected chi connectivity index (χ4v) is 4.26. The molecule has 1 aliphatic carbocycles. The zero-order chi connectivity index (χ0) is 17.2. The van der Waals surface area contributed by atoms with E-state index in [9.17, 15) is 0 Å². The molecule has 0 unspecified atom stereocenters. The first-order chi connectivity index (χ1) is 11.8. The molecular weight excluding hydrogens is 292 g/mol. The summed E-state index contributed by atoms with van der Waals surface area (Å²) in [6.45, 7) is 8.89. The molecule has 0 saturated heterocycles. The fourth-order valence-electron chi connectivity index (χ4n) is 4.26. The summed E-state index contributed by atoms with van der Waals surface area (Å²) in [5.41, 5.74) is 4.46. The Hall–Kier alpha value is -1.02. The third kappa shape index (κ3) is 5.81. The number of allylic oxidation sites excluding steroid dienone is 2. The van der Waals surface area contributed by atoms with Gasteiger partial charge in [-0.2, -0.15) is 0 Å². The van der Waals surface area contributed by atoms with Crippen LogP contribution in [0.2, 0.25) is 0 Å². The van der Waals surface area contributed by atoms with Crippen LogP contribution in [0.4, 0.5) is 0 Å². The maximum atomic E-state index is 3.75. The lowest BCUT2D eigenvalue weighted by Gasteiger charge is -2.28. The molecule has 0 aromatic carbocycles. The van der Waals surface area contributed by atoms with Crippen LogP contribution in [0.25, 0.3) is 0 Å². The Labute approximate surface area is 149 Å². The molecule has 1 aliphatic rings. The van der Waals surface area contributed by atoms with Crippen molar-refractivity contribution in [1.29, 1.82) is 0 Å². The molecule has 0 spiro atoms. The van der Waals surface area contributed by atoms with E-state index in [1.165, 1.54) is 56.3 Å². The lowest BCUT2D eigenvalue weighted by atomic mass is 9.80. The Morgan fingerprint density at radius 2 is 1.92 bits per heavy atom. The van der Waals surface area contributed by atoms with Gasteiger partial charge in [-0.05, 0) is 68.5 Å². The second-order valence-electron chi connectivity index (χ2n) is 7.54. The Bertz CT molecular complexity index is 478. The van der Waals surface area contributed by atoms with E-state index in [4.69, 9.17) is 0 Å². The van der Waals surface area contributed by atoms with E-state index in [-0.39, 0.29) is 0 Å². The van der Waals surface area contributed by atoms with Gasteiger partial charge in [0.2, 0.25) is 0 Å². The fraction of sp³-hybridized carbons (Fsp3) is 0.727. The molecule has 2 nitrogen and oxygen atoms in total. The van der Waals surface area contributed by atoms with Gasteiger partial charge in [-0.25, -0.2) is 0 Å². The van der Waals surface area contributed by atoms with Crippen LogP contribution < -0.4 is 5.32 Å². The van der Waals surface area contributed by atoms with Crippen molar-refractivity contribution in [2.24, 2.45) is 11.8 Å². The Morgan fingerprint density at radius 1 is 1.17 bits per heavy atom. The van der Waals surface area contributed by atoms with Crippen LogP contribution in [0.15, 0.2) is 18.3 Å². The van der Waals surface area contributed by atoms with E-state index in [2.05, 4.69) is 49.4 Å². The van der Waals surface area contributed by atoms with Crippen LogP contribution in [0.3, 0.4) is 0 Å². The highest BCUT2D eigenvalue weighted by Gasteiger charge is 2.20. The first-order valence-electron chi connectivity index (χ1n) is 10.3. The van der Waals surface area contributed by atoms with Gasteiger partial charge in [-0.15, -0.1) is 0 Å². The second-order valence-corrected chi connectivity index (χ2v) is 7.54. The second kappa shape index (κ2) is 10.8. The summed E-state index contributed by atoms with van der Waals surface area (Å²) in [4.78, 5) is 3.50. The van der Waals surface area contributed by atoms with E-state index < -0.39 is 0 Å². The predicted octanol–water partition coefficient (Wildman–Crippen LogP) is 5.78. The van der Waals surface area contributed by atoms with Gasteiger partial charge < -0.3 is 10.3 Å². The van der Waals surface area contributed by atoms with Crippen molar-refractivity contribution < 1.29 is 0 Å². The molecule has 1 aromatic rings. The maximum Gasteiger partial charge on any atom is 0.0223 e. The van der Waals surface area contributed by atoms with Crippen LogP contribution in [0.5, 0.6) is 0 Å². The standard InChI is InChI=1S/C22H38N2/c1-4-7-8-10-21-20(17-24-22(21)6-3)16-23-15-19-13-11-18(9-5-2)12-14-19/h4,7,17-19,23-24H,5-6,8-16H2,1-3H3/b7-4-. The smallest absolute Gasteiger partial charge is 0.0223 e. The Kier molecular flexibility index (Phi) is 8.66. The van der Waals surface area contributed by atoms with Crippen molar-refractivity contribution >= 4 is 0 Å². The van der Waals surface area contributed by atoms with Crippen molar-refractivity contribution in [2.75, 3.05) is 6.54 Å². The summed E-state index contributed by atoms with van der Waals surface area (Å²) in [5, 5.41) is 3.75. The quantitative estimate of drug-likeness (QED) is 0.523. The maximum absolute atomic E-state index is 3.75. The van der Waals surface area contributed by atoms with E-state index in [1.54, 1.807) is 5.56 Å². The van der Waals surface area contributed by atoms with Gasteiger partial charge in [-0.3, -0.25) is 0 Å². The highest BCUT2D eigenvalue weighted by molar-refractivity contribution is 5.31. The Morgan fingerprint density at radius 3 is 2.58 bits per heavy atom. The highest BCUT2D eigenvalue weighted by Crippen LogP contribution is 2.31. The molecule has 2 heteroatoms. The molecule has 0 aliphatic heterocycles. The van der Waals surface area contributed by atoms with Crippen LogP contribution in [0.1, 0.15) is 82.5 Å². The third-order valence-corrected chi connectivity index (χ3v) is 5.73. The van der Waals surface area contributed by atoms with Crippen molar-refractivity contribution in [3.05, 3.63) is 35.2 Å². The number of aryl methyl sites for hydroxylation is 1. The zero-order valence-electron chi connectivity index (χ0n) is 16.2. The van der Waals surface area contributed by atoms with E-state index in [0.29, 0.717) is 0 Å².